The maximum Gasteiger partial charge on any atom is 0.257 e. The van der Waals surface area contributed by atoms with Crippen LogP contribution in [0.2, 0.25) is 10.0 Å². The molecule has 0 saturated carbocycles. The quantitative estimate of drug-likeness (QED) is 0.288. The lowest BCUT2D eigenvalue weighted by atomic mass is 9.91. The third-order valence-corrected chi connectivity index (χ3v) is 9.05. The number of carbonyl (C=O) groups excluding carboxylic acids is 1. The SMILES string of the molecule is C=C(OCC)c1ccc2c(c1)C(=O)N(Cc1ccc(Cl)cn1)C2(OC1CCS(O)(O)C1)c1ccc(Cl)cc1. The summed E-state index contributed by atoms with van der Waals surface area (Å²) >= 11 is 12.3. The number of amides is 1. The van der Waals surface area contributed by atoms with Gasteiger partial charge in [0.1, 0.15) is 5.76 Å². The molecule has 1 fully saturated rings. The number of aromatic nitrogens is 1. The van der Waals surface area contributed by atoms with Gasteiger partial charge in [-0.15, -0.1) is 0 Å². The van der Waals surface area contributed by atoms with E-state index < -0.39 is 22.4 Å². The van der Waals surface area contributed by atoms with Gasteiger partial charge in [-0.1, -0.05) is 54.0 Å². The molecule has 2 N–H and O–H groups in total. The van der Waals surface area contributed by atoms with Crippen molar-refractivity contribution in [1.29, 1.82) is 0 Å². The zero-order chi connectivity index (χ0) is 27.1. The molecule has 3 heterocycles. The normalized spacial score (nSPS) is 22.8. The van der Waals surface area contributed by atoms with Gasteiger partial charge >= 0.3 is 0 Å². The molecule has 1 aromatic heterocycles. The van der Waals surface area contributed by atoms with E-state index in [9.17, 15) is 13.9 Å². The second-order valence-electron chi connectivity index (χ2n) is 9.33. The van der Waals surface area contributed by atoms with Crippen molar-refractivity contribution in [1.82, 2.24) is 9.88 Å². The predicted octanol–water partition coefficient (Wildman–Crippen LogP) is 6.79. The van der Waals surface area contributed by atoms with E-state index in [4.69, 9.17) is 32.7 Å². The molecule has 0 bridgehead atoms. The van der Waals surface area contributed by atoms with Gasteiger partial charge in [-0.2, -0.15) is 10.6 Å². The number of hydrogen-bond donors (Lipinski definition) is 2. The molecule has 200 valence electrons. The molecule has 38 heavy (non-hydrogen) atoms. The summed E-state index contributed by atoms with van der Waals surface area (Å²) in [5.74, 6) is 0.546. The molecule has 2 aliphatic rings. The lowest BCUT2D eigenvalue weighted by molar-refractivity contribution is -0.140. The van der Waals surface area contributed by atoms with E-state index in [-0.39, 0.29) is 24.0 Å². The molecular formula is C28H28Cl2N2O5S. The van der Waals surface area contributed by atoms with Crippen LogP contribution in [0.15, 0.2) is 67.4 Å². The van der Waals surface area contributed by atoms with Gasteiger partial charge in [0.15, 0.2) is 5.72 Å². The van der Waals surface area contributed by atoms with Crippen LogP contribution < -0.4 is 0 Å². The number of carbonyl (C=O) groups is 1. The average molecular weight is 576 g/mol. The largest absolute Gasteiger partial charge is 0.494 e. The highest BCUT2D eigenvalue weighted by molar-refractivity contribution is 8.24. The van der Waals surface area contributed by atoms with Crippen LogP contribution >= 0.6 is 33.8 Å². The van der Waals surface area contributed by atoms with Crippen molar-refractivity contribution in [2.75, 3.05) is 18.1 Å². The molecular weight excluding hydrogens is 547 g/mol. The molecule has 0 radical (unpaired) electrons. The minimum Gasteiger partial charge on any atom is -0.494 e. The monoisotopic (exact) mass is 574 g/mol. The van der Waals surface area contributed by atoms with E-state index in [1.807, 2.05) is 31.2 Å². The lowest BCUT2D eigenvalue weighted by Gasteiger charge is -2.41. The molecule has 2 atom stereocenters. The smallest absolute Gasteiger partial charge is 0.257 e. The Morgan fingerprint density at radius 1 is 1.16 bits per heavy atom. The standard InChI is InChI=1S/C28H28Cl2N2O5S/c1-3-36-18(2)19-4-11-26-25(14-19)27(33)32(16-23-10-9-22(30)15-31-23)28(26,20-5-7-21(29)8-6-20)37-24-12-13-38(34,35)17-24/h4-11,14-15,24,34-35H,2-3,12-13,16-17H2,1H3. The first-order chi connectivity index (χ1) is 18.1. The van der Waals surface area contributed by atoms with Crippen molar-refractivity contribution in [3.63, 3.8) is 0 Å². The maximum absolute atomic E-state index is 14.2. The molecule has 2 unspecified atom stereocenters. The zero-order valence-corrected chi connectivity index (χ0v) is 23.1. The number of rotatable bonds is 8. The van der Waals surface area contributed by atoms with E-state index in [0.29, 0.717) is 56.8 Å². The molecule has 1 amide bonds. The Morgan fingerprint density at radius 3 is 2.53 bits per heavy atom. The highest BCUT2D eigenvalue weighted by atomic mass is 35.5. The summed E-state index contributed by atoms with van der Waals surface area (Å²) in [6.07, 6.45) is 1.49. The van der Waals surface area contributed by atoms with Gasteiger partial charge in [0, 0.05) is 39.2 Å². The average Bonchev–Trinajstić information content (AvgIpc) is 3.35. The summed E-state index contributed by atoms with van der Waals surface area (Å²) in [6.45, 7) is 6.44. The molecule has 7 nitrogen and oxygen atoms in total. The maximum atomic E-state index is 14.2. The molecule has 2 aromatic carbocycles. The van der Waals surface area contributed by atoms with E-state index in [1.165, 1.54) is 6.20 Å². The van der Waals surface area contributed by atoms with Crippen molar-refractivity contribution >= 4 is 45.5 Å². The van der Waals surface area contributed by atoms with E-state index >= 15 is 0 Å². The Morgan fingerprint density at radius 2 is 1.89 bits per heavy atom. The van der Waals surface area contributed by atoms with Crippen molar-refractivity contribution in [3.05, 3.63) is 105 Å². The lowest BCUT2D eigenvalue weighted by Crippen LogP contribution is -2.48. The van der Waals surface area contributed by atoms with Gasteiger partial charge in [0.05, 0.1) is 35.7 Å². The highest BCUT2D eigenvalue weighted by Crippen LogP contribution is 2.52. The molecule has 5 rings (SSSR count). The summed E-state index contributed by atoms with van der Waals surface area (Å²) in [6, 6.07) is 16.1. The molecule has 0 spiro atoms. The first-order valence-electron chi connectivity index (χ1n) is 12.2. The Balaban J connectivity index is 1.69. The molecule has 10 heteroatoms. The Kier molecular flexibility index (Phi) is 7.48. The first-order valence-corrected chi connectivity index (χ1v) is 14.8. The number of benzene rings is 2. The fourth-order valence-corrected chi connectivity index (χ4v) is 6.90. The number of fused-ring (bicyclic) bond motifs is 1. The number of halogens is 2. The zero-order valence-electron chi connectivity index (χ0n) is 20.8. The predicted molar refractivity (Wildman–Crippen MR) is 151 cm³/mol. The van der Waals surface area contributed by atoms with E-state index in [2.05, 4.69) is 11.6 Å². The van der Waals surface area contributed by atoms with Crippen molar-refractivity contribution in [2.24, 2.45) is 0 Å². The van der Waals surface area contributed by atoms with Crippen LogP contribution in [0.4, 0.5) is 0 Å². The third kappa shape index (κ3) is 5.04. The summed E-state index contributed by atoms with van der Waals surface area (Å²) in [5.41, 5.74) is 1.70. The fourth-order valence-electron chi connectivity index (χ4n) is 5.03. The number of pyridine rings is 1. The minimum atomic E-state index is -2.75. The van der Waals surface area contributed by atoms with Crippen molar-refractivity contribution < 1.29 is 23.4 Å². The summed E-state index contributed by atoms with van der Waals surface area (Å²) in [5, 5.41) is 1.03. The van der Waals surface area contributed by atoms with Crippen LogP contribution in [0.3, 0.4) is 0 Å². The third-order valence-electron chi connectivity index (χ3n) is 6.78. The fraction of sp³-hybridized carbons (Fsp3) is 0.286. The summed E-state index contributed by atoms with van der Waals surface area (Å²) < 4.78 is 33.2. The van der Waals surface area contributed by atoms with Crippen molar-refractivity contribution in [2.45, 2.75) is 31.7 Å². The van der Waals surface area contributed by atoms with Crippen LogP contribution in [0.1, 0.15) is 46.1 Å². The van der Waals surface area contributed by atoms with Crippen LogP contribution in [-0.2, 0) is 21.7 Å². The van der Waals surface area contributed by atoms with Crippen LogP contribution in [0, 0.1) is 0 Å². The van der Waals surface area contributed by atoms with E-state index in [1.54, 1.807) is 35.2 Å². The Labute approximate surface area is 233 Å². The Hall–Kier alpha value is -2.59. The number of nitrogens with zero attached hydrogens (tertiary/aromatic N) is 2. The van der Waals surface area contributed by atoms with Gasteiger partial charge in [-0.05, 0) is 43.7 Å². The van der Waals surface area contributed by atoms with Gasteiger partial charge in [0.2, 0.25) is 0 Å². The van der Waals surface area contributed by atoms with Gasteiger partial charge < -0.3 is 9.47 Å². The molecule has 3 aromatic rings. The number of ether oxygens (including phenoxy) is 2. The second kappa shape index (κ2) is 10.5. The van der Waals surface area contributed by atoms with Crippen molar-refractivity contribution in [3.8, 4) is 0 Å². The van der Waals surface area contributed by atoms with Gasteiger partial charge in [-0.3, -0.25) is 23.8 Å². The molecule has 1 saturated heterocycles. The summed E-state index contributed by atoms with van der Waals surface area (Å²) in [7, 11) is -2.75. The second-order valence-corrected chi connectivity index (χ2v) is 12.5. The molecule has 0 aliphatic carbocycles. The topological polar surface area (TPSA) is 92.1 Å². The Bertz CT molecular complexity index is 1370. The van der Waals surface area contributed by atoms with Crippen LogP contribution in [-0.4, -0.2) is 49.1 Å². The summed E-state index contributed by atoms with van der Waals surface area (Å²) in [4.78, 5) is 20.2. The van der Waals surface area contributed by atoms with Gasteiger partial charge in [0.25, 0.3) is 5.91 Å². The van der Waals surface area contributed by atoms with Crippen LogP contribution in [0.5, 0.6) is 0 Å². The van der Waals surface area contributed by atoms with Gasteiger partial charge in [-0.25, -0.2) is 0 Å². The van der Waals surface area contributed by atoms with Crippen LogP contribution in [0.25, 0.3) is 5.76 Å². The first kappa shape index (κ1) is 27.0. The number of hydrogen-bond acceptors (Lipinski definition) is 6. The minimum absolute atomic E-state index is 0.0954. The highest BCUT2D eigenvalue weighted by Gasteiger charge is 2.54. The van der Waals surface area contributed by atoms with E-state index in [0.717, 1.165) is 0 Å². The molecule has 2 aliphatic heterocycles.